The summed E-state index contributed by atoms with van der Waals surface area (Å²) in [4.78, 5) is 21.1. The first kappa shape index (κ1) is 15.1. The molecule has 1 N–H and O–H groups in total. The Hall–Kier alpha value is -3.41. The van der Waals surface area contributed by atoms with Crippen molar-refractivity contribution in [3.05, 3.63) is 72.1 Å². The fraction of sp³-hybridized carbons (Fsp3) is 0.105. The lowest BCUT2D eigenvalue weighted by Crippen LogP contribution is -2.12. The van der Waals surface area contributed by atoms with E-state index in [1.807, 2.05) is 47.9 Å². The van der Waals surface area contributed by atoms with Gasteiger partial charge < -0.3 is 9.73 Å². The number of imidazole rings is 1. The third-order valence-electron chi connectivity index (χ3n) is 3.99. The van der Waals surface area contributed by atoms with Crippen LogP contribution in [0.25, 0.3) is 16.9 Å². The monoisotopic (exact) mass is 332 g/mol. The Morgan fingerprint density at radius 2 is 1.96 bits per heavy atom. The Labute approximate surface area is 144 Å². The second kappa shape index (κ2) is 5.90. The van der Waals surface area contributed by atoms with Gasteiger partial charge in [-0.3, -0.25) is 9.36 Å². The molecule has 124 valence electrons. The molecule has 0 radical (unpaired) electrons. The lowest BCUT2D eigenvalue weighted by atomic mass is 10.2. The molecule has 0 spiro atoms. The van der Waals surface area contributed by atoms with Crippen LogP contribution in [0.5, 0.6) is 0 Å². The first-order valence-corrected chi connectivity index (χ1v) is 7.89. The van der Waals surface area contributed by atoms with Gasteiger partial charge in [-0.2, -0.15) is 0 Å². The van der Waals surface area contributed by atoms with Crippen molar-refractivity contribution in [1.82, 2.24) is 14.5 Å². The average molecular weight is 332 g/mol. The summed E-state index contributed by atoms with van der Waals surface area (Å²) in [6.45, 7) is 3.59. The van der Waals surface area contributed by atoms with Gasteiger partial charge >= 0.3 is 0 Å². The lowest BCUT2D eigenvalue weighted by Gasteiger charge is -2.06. The minimum absolute atomic E-state index is 0.211. The van der Waals surface area contributed by atoms with E-state index in [0.29, 0.717) is 22.8 Å². The first-order valence-electron chi connectivity index (χ1n) is 7.89. The van der Waals surface area contributed by atoms with Crippen molar-refractivity contribution < 1.29 is 9.21 Å². The summed E-state index contributed by atoms with van der Waals surface area (Å²) in [6.07, 6.45) is 3.37. The molecular formula is C19H16N4O2. The third-order valence-corrected chi connectivity index (χ3v) is 3.99. The second-order valence-electron chi connectivity index (χ2n) is 5.79. The van der Waals surface area contributed by atoms with E-state index in [9.17, 15) is 4.79 Å². The zero-order valence-corrected chi connectivity index (χ0v) is 13.9. The number of para-hydroxylation sites is 2. The number of rotatable bonds is 3. The maximum atomic E-state index is 12.3. The maximum Gasteiger partial charge on any atom is 0.259 e. The summed E-state index contributed by atoms with van der Waals surface area (Å²) in [5.41, 5.74) is 3.04. The van der Waals surface area contributed by atoms with Crippen LogP contribution >= 0.6 is 0 Å². The molecule has 1 amide bonds. The van der Waals surface area contributed by atoms with E-state index in [-0.39, 0.29) is 5.91 Å². The fourth-order valence-corrected chi connectivity index (χ4v) is 2.80. The molecule has 0 bridgehead atoms. The summed E-state index contributed by atoms with van der Waals surface area (Å²) in [6, 6.07) is 13.2. The summed E-state index contributed by atoms with van der Waals surface area (Å²) in [7, 11) is 0. The standard InChI is InChI=1S/C19H16N4O2/c1-12-9-15(13(2)25-12)19(24)22-14-7-8-18(20-10-14)23-11-21-16-5-3-4-6-17(16)23/h3-11H,1-2H3,(H,22,24). The Morgan fingerprint density at radius 1 is 1.12 bits per heavy atom. The number of hydrogen-bond acceptors (Lipinski definition) is 4. The van der Waals surface area contributed by atoms with E-state index in [0.717, 1.165) is 16.9 Å². The third kappa shape index (κ3) is 2.78. The van der Waals surface area contributed by atoms with Gasteiger partial charge in [-0.1, -0.05) is 12.1 Å². The molecule has 0 saturated carbocycles. The summed E-state index contributed by atoms with van der Waals surface area (Å²) >= 11 is 0. The highest BCUT2D eigenvalue weighted by atomic mass is 16.3. The number of fused-ring (bicyclic) bond motifs is 1. The van der Waals surface area contributed by atoms with Crippen LogP contribution in [0.3, 0.4) is 0 Å². The van der Waals surface area contributed by atoms with E-state index >= 15 is 0 Å². The zero-order valence-electron chi connectivity index (χ0n) is 13.9. The topological polar surface area (TPSA) is 73.0 Å². The SMILES string of the molecule is Cc1cc(C(=O)Nc2ccc(-n3cnc4ccccc43)nc2)c(C)o1. The van der Waals surface area contributed by atoms with Gasteiger partial charge in [0.05, 0.1) is 28.5 Å². The molecule has 6 heteroatoms. The number of nitrogens with one attached hydrogen (secondary N) is 1. The van der Waals surface area contributed by atoms with Gasteiger partial charge in [0.25, 0.3) is 5.91 Å². The van der Waals surface area contributed by atoms with Gasteiger partial charge in [-0.25, -0.2) is 9.97 Å². The number of carbonyl (C=O) groups excluding carboxylic acids is 1. The maximum absolute atomic E-state index is 12.3. The number of aryl methyl sites for hydroxylation is 2. The fourth-order valence-electron chi connectivity index (χ4n) is 2.80. The number of aromatic nitrogens is 3. The molecule has 0 fully saturated rings. The molecule has 0 unspecified atom stereocenters. The van der Waals surface area contributed by atoms with E-state index < -0.39 is 0 Å². The lowest BCUT2D eigenvalue weighted by molar-refractivity contribution is 0.102. The largest absolute Gasteiger partial charge is 0.466 e. The molecule has 0 aliphatic heterocycles. The number of amides is 1. The van der Waals surface area contributed by atoms with Crippen molar-refractivity contribution in [3.63, 3.8) is 0 Å². The van der Waals surface area contributed by atoms with Crippen LogP contribution < -0.4 is 5.32 Å². The van der Waals surface area contributed by atoms with E-state index in [2.05, 4.69) is 15.3 Å². The Morgan fingerprint density at radius 3 is 2.68 bits per heavy atom. The highest BCUT2D eigenvalue weighted by Gasteiger charge is 2.14. The molecule has 0 atom stereocenters. The molecule has 3 aromatic heterocycles. The van der Waals surface area contributed by atoms with Crippen LogP contribution in [-0.2, 0) is 0 Å². The number of hydrogen-bond donors (Lipinski definition) is 1. The predicted octanol–water partition coefficient (Wildman–Crippen LogP) is 3.88. The number of furan rings is 1. The van der Waals surface area contributed by atoms with Crippen LogP contribution in [0.4, 0.5) is 5.69 Å². The van der Waals surface area contributed by atoms with E-state index in [1.165, 1.54) is 0 Å². The predicted molar refractivity (Wildman–Crippen MR) is 95.0 cm³/mol. The van der Waals surface area contributed by atoms with Gasteiger partial charge in [0.2, 0.25) is 0 Å². The average Bonchev–Trinajstić information content (AvgIpc) is 3.18. The van der Waals surface area contributed by atoms with Crippen LogP contribution in [-0.4, -0.2) is 20.4 Å². The van der Waals surface area contributed by atoms with Gasteiger partial charge in [0.1, 0.15) is 23.7 Å². The molecule has 0 aliphatic carbocycles. The first-order chi connectivity index (χ1) is 12.1. The van der Waals surface area contributed by atoms with Crippen LogP contribution in [0.15, 0.2) is 59.4 Å². The van der Waals surface area contributed by atoms with E-state index in [4.69, 9.17) is 4.42 Å². The van der Waals surface area contributed by atoms with Crippen molar-refractivity contribution >= 4 is 22.6 Å². The molecule has 4 rings (SSSR count). The van der Waals surface area contributed by atoms with Crippen molar-refractivity contribution in [2.24, 2.45) is 0 Å². The van der Waals surface area contributed by atoms with Crippen molar-refractivity contribution in [1.29, 1.82) is 0 Å². The number of benzene rings is 1. The van der Waals surface area contributed by atoms with Gasteiger partial charge in [0, 0.05) is 0 Å². The Bertz CT molecular complexity index is 1060. The minimum atomic E-state index is -0.211. The summed E-state index contributed by atoms with van der Waals surface area (Å²) in [5, 5.41) is 2.84. The normalized spacial score (nSPS) is 11.0. The number of carbonyl (C=O) groups is 1. The Kier molecular flexibility index (Phi) is 3.57. The molecule has 25 heavy (non-hydrogen) atoms. The van der Waals surface area contributed by atoms with Crippen molar-refractivity contribution in [2.45, 2.75) is 13.8 Å². The highest BCUT2D eigenvalue weighted by molar-refractivity contribution is 6.05. The van der Waals surface area contributed by atoms with Crippen LogP contribution in [0.1, 0.15) is 21.9 Å². The van der Waals surface area contributed by atoms with Crippen molar-refractivity contribution in [3.8, 4) is 5.82 Å². The molecule has 4 aromatic rings. The molecule has 3 heterocycles. The smallest absolute Gasteiger partial charge is 0.259 e. The van der Waals surface area contributed by atoms with Crippen LogP contribution in [0, 0.1) is 13.8 Å². The van der Waals surface area contributed by atoms with Gasteiger partial charge in [0.15, 0.2) is 0 Å². The van der Waals surface area contributed by atoms with Crippen LogP contribution in [0.2, 0.25) is 0 Å². The quantitative estimate of drug-likeness (QED) is 0.618. The van der Waals surface area contributed by atoms with Crippen molar-refractivity contribution in [2.75, 3.05) is 5.32 Å². The highest BCUT2D eigenvalue weighted by Crippen LogP contribution is 2.19. The molecular weight excluding hydrogens is 316 g/mol. The van der Waals surface area contributed by atoms with Gasteiger partial charge in [-0.15, -0.1) is 0 Å². The second-order valence-corrected chi connectivity index (χ2v) is 5.79. The Balaban J connectivity index is 1.58. The number of anilines is 1. The summed E-state index contributed by atoms with van der Waals surface area (Å²) in [5.74, 6) is 1.84. The molecule has 6 nitrogen and oxygen atoms in total. The molecule has 0 aliphatic rings. The van der Waals surface area contributed by atoms with Gasteiger partial charge in [-0.05, 0) is 44.2 Å². The molecule has 1 aromatic carbocycles. The van der Waals surface area contributed by atoms with E-state index in [1.54, 1.807) is 25.5 Å². The number of nitrogens with zero attached hydrogens (tertiary/aromatic N) is 3. The summed E-state index contributed by atoms with van der Waals surface area (Å²) < 4.78 is 7.30. The zero-order chi connectivity index (χ0) is 17.4. The molecule has 0 saturated heterocycles. The number of pyridine rings is 1. The minimum Gasteiger partial charge on any atom is -0.466 e.